The third-order valence-electron chi connectivity index (χ3n) is 16.3. The number of halogens is 9. The second-order valence-corrected chi connectivity index (χ2v) is 31.8. The van der Waals surface area contributed by atoms with Gasteiger partial charge in [0, 0.05) is 121 Å². The quantitative estimate of drug-likeness (QED) is 0.00713. The number of nitrogens with two attached hydrogens (primary N) is 1. The lowest BCUT2D eigenvalue weighted by molar-refractivity contribution is -0.186. The highest BCUT2D eigenvalue weighted by Crippen LogP contribution is 2.39. The van der Waals surface area contributed by atoms with Crippen LogP contribution in [0.1, 0.15) is 160 Å². The molecule has 0 aliphatic carbocycles. The number of cyclic esters (lactones) is 2. The lowest BCUT2D eigenvalue weighted by atomic mass is 9.93. The Morgan fingerprint density at radius 1 is 0.476 bits per heavy atom. The highest BCUT2D eigenvalue weighted by Gasteiger charge is 2.41. The average molecular weight is 1930 g/mol. The normalized spacial score (nSPS) is 12.9. The van der Waals surface area contributed by atoms with E-state index in [9.17, 15) is 83.9 Å². The number of nitrogens with one attached hydrogen (secondary N) is 3. The Hall–Kier alpha value is -10.7. The Bertz CT molecular complexity index is 5220. The van der Waals surface area contributed by atoms with Crippen molar-refractivity contribution in [1.29, 1.82) is 0 Å². The number of benzene rings is 8. The van der Waals surface area contributed by atoms with E-state index in [-0.39, 0.29) is 84.5 Å². The number of carbonyl (C=O) groups excluding carboxylic acids is 13. The van der Waals surface area contributed by atoms with E-state index in [4.69, 9.17) is 39.2 Å². The summed E-state index contributed by atoms with van der Waals surface area (Å²) in [4.78, 5) is 175. The smallest absolute Gasteiger partial charge is 0.458 e. The number of nitrogens with zero attached hydrogens (tertiary/aromatic N) is 6. The second kappa shape index (κ2) is 46.8. The molecular formula is C82H95Br2ClF6N10O21P2. The first kappa shape index (κ1) is 107. The minimum Gasteiger partial charge on any atom is -0.458 e. The number of ether oxygens (including phenoxy) is 5. The standard InChI is InChI=1S/C21H25N3O5.C19H19BrN2O5.C18H16F3N3O4.C12H5BrO3.C8H17NO3.C2HF3O.2CH4.ClH.H3NP2/c1-21(2,3)29-20(27)22-28-12-11-24-18(25)14-8-6-7-13-16(23(4)5)10-9-15(17(13)14)19(24)26;1-19(2,3)27-18(25)21-26-10-9-22-16(23)12-6-4-5-11-14(20)8-7-13(15(11)12)17(22)24;1-23(2)13-7-6-12-14-10(13)4-3-5-11(14)15(25)24(16(12)26)8-9-28-22-17(27)18(19,20)21;13-9-5-4-8-10-6(9)2-1-3-7(10)11(14)16-12(8)15;1-8(2,3)12-7(10)6-11-5-4-9;3-2(4,5)1-6;;;;2-1-3/h6-10H,11-12H2,1-5H3,(H,22,27);4-8H,9-10H2,1-3H3,(H,21,25);3-7H,8-9H2,1-2H3,(H,22,27);1-5H;4-6,9H2,1-3H3;1H;2*1H4;1H;2H,3H2. The summed E-state index contributed by atoms with van der Waals surface area (Å²) in [6.07, 6.45) is -12.3. The van der Waals surface area contributed by atoms with Gasteiger partial charge in [-0.25, -0.2) is 29.5 Å². The molecular weight excluding hydrogens is 1830 g/mol. The first-order chi connectivity index (χ1) is 56.5. The van der Waals surface area contributed by atoms with Gasteiger partial charge in [0.15, 0.2) is 0 Å². The molecule has 0 spiro atoms. The van der Waals surface area contributed by atoms with Crippen molar-refractivity contribution in [2.45, 2.75) is 106 Å². The summed E-state index contributed by atoms with van der Waals surface area (Å²) in [6, 6.07) is 35.0. The molecule has 12 rings (SSSR count). The highest BCUT2D eigenvalue weighted by molar-refractivity contribution is 9.11. The van der Waals surface area contributed by atoms with E-state index in [2.05, 4.69) is 75.3 Å². The predicted octanol–water partition coefficient (Wildman–Crippen LogP) is 15.5. The van der Waals surface area contributed by atoms with Crippen LogP contribution in [0.4, 0.5) is 47.3 Å². The molecule has 0 saturated carbocycles. The second-order valence-electron chi connectivity index (χ2n) is 29.0. The topological polar surface area (TPSA) is 386 Å². The van der Waals surface area contributed by atoms with Crippen LogP contribution in [0.2, 0.25) is 0 Å². The zero-order valence-electron chi connectivity index (χ0n) is 67.8. The zero-order valence-corrected chi connectivity index (χ0v) is 74.0. The molecule has 8 aromatic carbocycles. The van der Waals surface area contributed by atoms with E-state index in [1.165, 1.54) is 5.48 Å². The van der Waals surface area contributed by atoms with Crippen molar-refractivity contribution in [3.63, 3.8) is 0 Å². The summed E-state index contributed by atoms with van der Waals surface area (Å²) >= 11 is 6.85. The number of esters is 3. The van der Waals surface area contributed by atoms with Crippen LogP contribution in [0.25, 0.3) is 43.1 Å². The third-order valence-corrected chi connectivity index (χ3v) is 17.7. The predicted molar refractivity (Wildman–Crippen MR) is 465 cm³/mol. The maximum Gasteiger partial charge on any atom is 0.473 e. The van der Waals surface area contributed by atoms with Crippen LogP contribution in [0.5, 0.6) is 0 Å². The molecule has 8 aromatic rings. The van der Waals surface area contributed by atoms with Crippen molar-refractivity contribution >= 4 is 195 Å². The Morgan fingerprint density at radius 3 is 1.07 bits per heavy atom. The van der Waals surface area contributed by atoms with Crippen molar-refractivity contribution in [2.24, 2.45) is 10.2 Å². The molecule has 9 amide bonds. The molecule has 0 fully saturated rings. The first-order valence-corrected chi connectivity index (χ1v) is 38.6. The molecule has 4 aliphatic rings. The van der Waals surface area contributed by atoms with Gasteiger partial charge in [-0.15, -0.1) is 12.4 Å². The lowest BCUT2D eigenvalue weighted by Crippen LogP contribution is -2.44. The number of amides is 9. The van der Waals surface area contributed by atoms with E-state index in [0.29, 0.717) is 79.2 Å². The molecule has 42 heteroatoms. The Labute approximate surface area is 737 Å². The molecule has 0 saturated heterocycles. The van der Waals surface area contributed by atoms with Crippen molar-refractivity contribution in [1.82, 2.24) is 31.1 Å². The number of carbonyl (C=O) groups is 13. The number of hydroxylamine groups is 3. The highest BCUT2D eigenvalue weighted by atomic mass is 79.9. The third kappa shape index (κ3) is 29.2. The number of aldehydes is 1. The molecule has 0 aromatic heterocycles. The summed E-state index contributed by atoms with van der Waals surface area (Å²) in [5.74, 6) is -6.49. The molecule has 1 unspecified atom stereocenters. The minimum atomic E-state index is -5.09. The largest absolute Gasteiger partial charge is 0.473 e. The van der Waals surface area contributed by atoms with Gasteiger partial charge >= 0.3 is 48.4 Å². The van der Waals surface area contributed by atoms with Gasteiger partial charge in [-0.2, -0.15) is 37.3 Å². The number of rotatable bonds is 18. The maximum atomic E-state index is 12.9. The maximum absolute atomic E-state index is 12.9. The van der Waals surface area contributed by atoms with E-state index < -0.39 is 95.7 Å². The van der Waals surface area contributed by atoms with Gasteiger partial charge < -0.3 is 39.2 Å². The fourth-order valence-corrected chi connectivity index (χ4v) is 12.6. The molecule has 124 heavy (non-hydrogen) atoms. The van der Waals surface area contributed by atoms with E-state index in [1.54, 1.807) is 133 Å². The van der Waals surface area contributed by atoms with Gasteiger partial charge in [0.2, 0.25) is 6.29 Å². The number of hydrogen-bond donors (Lipinski definition) is 4. The van der Waals surface area contributed by atoms with Gasteiger partial charge in [0.25, 0.3) is 35.4 Å². The molecule has 31 nitrogen and oxygen atoms in total. The number of hydrogen-bond acceptors (Lipinski definition) is 25. The van der Waals surface area contributed by atoms with Crippen molar-refractivity contribution in [2.75, 3.05) is 97.2 Å². The van der Waals surface area contributed by atoms with Crippen LogP contribution in [0.3, 0.4) is 0 Å². The van der Waals surface area contributed by atoms with Gasteiger partial charge in [-0.1, -0.05) is 95.2 Å². The van der Waals surface area contributed by atoms with Crippen LogP contribution in [-0.4, -0.2) is 209 Å². The van der Waals surface area contributed by atoms with Crippen molar-refractivity contribution in [3.05, 3.63) is 175 Å². The van der Waals surface area contributed by atoms with Gasteiger partial charge in [-0.05, 0) is 164 Å². The SMILES string of the molecule is C.C.CC(C)(C)OC(=O)COCCN.CC(C)(C)OC(=O)NOCCN1C(=O)c2cccc3c(Br)ccc(c23)C1=O.CN(C)c1ccc2c3c(cccc13)C(=O)N(CCONC(=O)C(F)(F)F)C2=O.CN(C)c1ccc2c3c(cccc13)C(=O)N(CCONC(=O)OC(C)(C)C)C2=O.Cl.O=C1OC(=O)c2ccc(Br)c3cccc1c23.O=CC(F)(F)F.P=NP. The van der Waals surface area contributed by atoms with Crippen LogP contribution < -0.4 is 32.0 Å². The first-order valence-electron chi connectivity index (χ1n) is 36.1. The van der Waals surface area contributed by atoms with Gasteiger partial charge in [-0.3, -0.25) is 72.1 Å². The monoisotopic (exact) mass is 1920 g/mol. The lowest BCUT2D eigenvalue weighted by Gasteiger charge is -2.28. The van der Waals surface area contributed by atoms with E-state index in [1.807, 2.05) is 89.1 Å². The zero-order chi connectivity index (χ0) is 90.6. The van der Waals surface area contributed by atoms with Crippen molar-refractivity contribution in [3.8, 4) is 0 Å². The van der Waals surface area contributed by atoms with E-state index >= 15 is 0 Å². The minimum absolute atomic E-state index is 0. The number of alkyl halides is 6. The Balaban J connectivity index is 0.000000397. The molecule has 4 heterocycles. The average Bonchev–Trinajstić information content (AvgIpc) is 0.764. The number of anilines is 2. The van der Waals surface area contributed by atoms with Gasteiger partial charge in [0.1, 0.15) is 23.4 Å². The fraction of sp³-hybridized carbons (Fsp3) is 0.354. The summed E-state index contributed by atoms with van der Waals surface area (Å²) in [6.45, 7) is 15.7. The molecule has 672 valence electrons. The molecule has 1 atom stereocenters. The summed E-state index contributed by atoms with van der Waals surface area (Å²) < 4.78 is 97.1. The molecule has 4 aliphatic heterocycles. The molecule has 5 N–H and O–H groups in total. The van der Waals surface area contributed by atoms with Crippen LogP contribution in [0.15, 0.2) is 135 Å². The van der Waals surface area contributed by atoms with Gasteiger partial charge in [0.05, 0.1) is 57.2 Å². The fourth-order valence-electron chi connectivity index (χ4n) is 11.7. The summed E-state index contributed by atoms with van der Waals surface area (Å²) in [5.41, 5.74) is 14.1. The summed E-state index contributed by atoms with van der Waals surface area (Å²) in [5, 5.41) is 5.77. The van der Waals surface area contributed by atoms with E-state index in [0.717, 1.165) is 56.6 Å². The molecule has 0 radical (unpaired) electrons. The Morgan fingerprint density at radius 2 is 0.758 bits per heavy atom. The van der Waals surface area contributed by atoms with Crippen LogP contribution >= 0.6 is 62.7 Å². The van der Waals surface area contributed by atoms with Crippen LogP contribution in [0, 0.1) is 0 Å². The van der Waals surface area contributed by atoms with Crippen LogP contribution in [-0.2, 0) is 52.6 Å². The Kier molecular flexibility index (Phi) is 40.6. The van der Waals surface area contributed by atoms with Crippen molar-refractivity contribution < 1.29 is 127 Å². The summed E-state index contributed by atoms with van der Waals surface area (Å²) in [7, 11) is 12.4. The number of imide groups is 3. The molecule has 0 bridgehead atoms.